The first-order valence-electron chi connectivity index (χ1n) is 10.2. The summed E-state index contributed by atoms with van der Waals surface area (Å²) >= 11 is 0. The number of aliphatic hydroxyl groups is 1. The maximum Gasteiger partial charge on any atom is 0.300 e. The van der Waals surface area contributed by atoms with E-state index in [9.17, 15) is 34.9 Å². The minimum absolute atomic E-state index is 0.0683. The molecule has 0 radical (unpaired) electrons. The van der Waals surface area contributed by atoms with Crippen LogP contribution in [-0.4, -0.2) is 33.8 Å². The molecule has 1 saturated heterocycles. The second-order valence-corrected chi connectivity index (χ2v) is 7.52. The zero-order valence-electron chi connectivity index (χ0n) is 18.2. The lowest BCUT2D eigenvalue weighted by atomic mass is 9.94. The number of nitro benzene ring substituents is 2. The van der Waals surface area contributed by atoms with Crippen molar-refractivity contribution in [1.82, 2.24) is 0 Å². The van der Waals surface area contributed by atoms with Gasteiger partial charge in [-0.15, -0.1) is 0 Å². The van der Waals surface area contributed by atoms with Crippen LogP contribution in [0.5, 0.6) is 5.75 Å². The molecular weight excluding hydrogens is 458 g/mol. The minimum Gasteiger partial charge on any atom is -0.507 e. The number of aliphatic hydroxyl groups excluding tert-OH is 1. The molecule has 1 N–H and O–H groups in total. The Kier molecular flexibility index (Phi) is 5.98. The van der Waals surface area contributed by atoms with Crippen LogP contribution in [0.1, 0.15) is 17.2 Å². The molecule has 0 aromatic heterocycles. The topological polar surface area (TPSA) is 153 Å². The summed E-state index contributed by atoms with van der Waals surface area (Å²) < 4.78 is 5.13. The van der Waals surface area contributed by atoms with Gasteiger partial charge in [0.05, 0.1) is 28.6 Å². The predicted octanol–water partition coefficient (Wildman–Crippen LogP) is 4.14. The molecule has 0 unspecified atom stereocenters. The van der Waals surface area contributed by atoms with Crippen molar-refractivity contribution in [1.29, 1.82) is 0 Å². The van der Waals surface area contributed by atoms with Crippen molar-refractivity contribution in [2.45, 2.75) is 6.04 Å². The molecule has 1 heterocycles. The number of non-ortho nitro benzene ring substituents is 2. The smallest absolute Gasteiger partial charge is 0.300 e. The zero-order valence-corrected chi connectivity index (χ0v) is 18.2. The molecule has 35 heavy (non-hydrogen) atoms. The summed E-state index contributed by atoms with van der Waals surface area (Å²) in [5.74, 6) is -2.02. The molecule has 176 valence electrons. The van der Waals surface area contributed by atoms with E-state index in [0.29, 0.717) is 11.4 Å². The molecule has 11 nitrogen and oxygen atoms in total. The highest BCUT2D eigenvalue weighted by atomic mass is 16.6. The van der Waals surface area contributed by atoms with Crippen molar-refractivity contribution in [3.05, 3.63) is 110 Å². The third-order valence-electron chi connectivity index (χ3n) is 5.54. The molecule has 4 rings (SSSR count). The summed E-state index contributed by atoms with van der Waals surface area (Å²) in [5.41, 5.74) is -0.211. The van der Waals surface area contributed by atoms with Crippen molar-refractivity contribution in [3.63, 3.8) is 0 Å². The molecule has 3 aromatic carbocycles. The first-order chi connectivity index (χ1) is 16.7. The lowest BCUT2D eigenvalue weighted by molar-refractivity contribution is -0.385. The Bertz CT molecular complexity index is 1380. The van der Waals surface area contributed by atoms with Gasteiger partial charge in [-0.05, 0) is 42.0 Å². The quantitative estimate of drug-likeness (QED) is 0.183. The number of hydrogen-bond acceptors (Lipinski definition) is 8. The van der Waals surface area contributed by atoms with E-state index in [1.807, 2.05) is 0 Å². The number of carbonyl (C=O) groups excluding carboxylic acids is 2. The van der Waals surface area contributed by atoms with Crippen LogP contribution in [0.3, 0.4) is 0 Å². The van der Waals surface area contributed by atoms with Crippen LogP contribution < -0.4 is 9.64 Å². The average molecular weight is 475 g/mol. The number of nitro groups is 2. The SMILES string of the molecule is COc1ccc(N2C(=O)C(=O)/C(=C(/O)c3ccc([N+](=O)[O-])cc3)[C@@H]2c2cccc([N+](=O)[O-])c2)cc1. The summed E-state index contributed by atoms with van der Waals surface area (Å²) in [5, 5.41) is 33.4. The van der Waals surface area contributed by atoms with E-state index in [1.54, 1.807) is 24.3 Å². The molecule has 3 aromatic rings. The van der Waals surface area contributed by atoms with Gasteiger partial charge in [0.15, 0.2) is 0 Å². The van der Waals surface area contributed by atoms with Crippen LogP contribution in [0.2, 0.25) is 0 Å². The highest BCUT2D eigenvalue weighted by molar-refractivity contribution is 6.51. The molecule has 0 saturated carbocycles. The summed E-state index contributed by atoms with van der Waals surface area (Å²) in [7, 11) is 1.47. The summed E-state index contributed by atoms with van der Waals surface area (Å²) in [4.78, 5) is 48.5. The molecule has 11 heteroatoms. The van der Waals surface area contributed by atoms with Crippen molar-refractivity contribution in [2.75, 3.05) is 12.0 Å². The number of hydrogen-bond donors (Lipinski definition) is 1. The average Bonchev–Trinajstić information content (AvgIpc) is 3.14. The van der Waals surface area contributed by atoms with Crippen LogP contribution in [0.4, 0.5) is 17.1 Å². The third-order valence-corrected chi connectivity index (χ3v) is 5.54. The normalized spacial score (nSPS) is 16.8. The second-order valence-electron chi connectivity index (χ2n) is 7.52. The van der Waals surface area contributed by atoms with Crippen LogP contribution in [-0.2, 0) is 9.59 Å². The summed E-state index contributed by atoms with van der Waals surface area (Å²) in [6.07, 6.45) is 0. The Morgan fingerprint density at radius 1 is 0.914 bits per heavy atom. The first-order valence-corrected chi connectivity index (χ1v) is 10.2. The lowest BCUT2D eigenvalue weighted by Gasteiger charge is -2.25. The number of ether oxygens (including phenoxy) is 1. The van der Waals surface area contributed by atoms with Gasteiger partial charge in [0, 0.05) is 35.5 Å². The fraction of sp³-hybridized carbons (Fsp3) is 0.0833. The van der Waals surface area contributed by atoms with Crippen LogP contribution >= 0.6 is 0 Å². The Balaban J connectivity index is 1.93. The van der Waals surface area contributed by atoms with Gasteiger partial charge in [-0.1, -0.05) is 12.1 Å². The van der Waals surface area contributed by atoms with E-state index in [-0.39, 0.29) is 28.1 Å². The van der Waals surface area contributed by atoms with E-state index < -0.39 is 33.3 Å². The van der Waals surface area contributed by atoms with Gasteiger partial charge >= 0.3 is 0 Å². The molecule has 1 aliphatic heterocycles. The standard InChI is InChI=1S/C24H17N3O8/c1-35-19-11-9-16(10-12-19)25-21(15-3-2-4-18(13-15)27(33)34)20(23(29)24(25)30)22(28)14-5-7-17(8-6-14)26(31)32/h2-13,21,28H,1H3/b22-20+/t21-/m0/s1. The number of ketones is 1. The molecule has 1 amide bonds. The van der Waals surface area contributed by atoms with Gasteiger partial charge in [-0.25, -0.2) is 0 Å². The Morgan fingerprint density at radius 3 is 2.11 bits per heavy atom. The molecule has 1 atom stereocenters. The highest BCUT2D eigenvalue weighted by Gasteiger charge is 2.47. The predicted molar refractivity (Wildman–Crippen MR) is 124 cm³/mol. The number of benzene rings is 3. The van der Waals surface area contributed by atoms with Gasteiger partial charge in [0.1, 0.15) is 11.5 Å². The Morgan fingerprint density at radius 2 is 1.54 bits per heavy atom. The van der Waals surface area contributed by atoms with E-state index >= 15 is 0 Å². The molecular formula is C24H17N3O8. The lowest BCUT2D eigenvalue weighted by Crippen LogP contribution is -2.29. The number of methoxy groups -OCH3 is 1. The molecule has 0 bridgehead atoms. The van der Waals surface area contributed by atoms with Crippen LogP contribution in [0, 0.1) is 20.2 Å². The minimum atomic E-state index is -1.20. The van der Waals surface area contributed by atoms with Crippen LogP contribution in [0.25, 0.3) is 5.76 Å². The number of rotatable bonds is 6. The maximum atomic E-state index is 13.1. The number of anilines is 1. The van der Waals surface area contributed by atoms with Crippen molar-refractivity contribution in [2.24, 2.45) is 0 Å². The van der Waals surface area contributed by atoms with Crippen molar-refractivity contribution in [3.8, 4) is 5.75 Å². The largest absolute Gasteiger partial charge is 0.507 e. The van der Waals surface area contributed by atoms with Gasteiger partial charge in [0.25, 0.3) is 23.1 Å². The highest BCUT2D eigenvalue weighted by Crippen LogP contribution is 2.43. The number of Topliss-reactive ketones (excluding diaryl/α,β-unsaturated/α-hetero) is 1. The number of amides is 1. The number of carbonyl (C=O) groups is 2. The fourth-order valence-corrected chi connectivity index (χ4v) is 3.86. The second kappa shape index (κ2) is 9.06. The van der Waals surface area contributed by atoms with Gasteiger partial charge in [-0.3, -0.25) is 34.7 Å². The van der Waals surface area contributed by atoms with Gasteiger partial charge in [-0.2, -0.15) is 0 Å². The molecule has 1 fully saturated rings. The zero-order chi connectivity index (χ0) is 25.3. The van der Waals surface area contributed by atoms with Crippen molar-refractivity contribution < 1.29 is 29.3 Å². The summed E-state index contributed by atoms with van der Waals surface area (Å²) in [6, 6.07) is 15.2. The third kappa shape index (κ3) is 4.17. The van der Waals surface area contributed by atoms with Crippen molar-refractivity contribution >= 4 is 34.5 Å². The fourth-order valence-electron chi connectivity index (χ4n) is 3.86. The van der Waals surface area contributed by atoms with E-state index in [4.69, 9.17) is 4.74 Å². The maximum absolute atomic E-state index is 13.1. The Hall–Kier alpha value is -5.06. The number of nitrogens with zero attached hydrogens (tertiary/aromatic N) is 3. The Labute approximate surface area is 197 Å². The van der Waals surface area contributed by atoms with Gasteiger partial charge in [0.2, 0.25) is 0 Å². The van der Waals surface area contributed by atoms with Gasteiger partial charge < -0.3 is 9.84 Å². The molecule has 0 spiro atoms. The molecule has 0 aliphatic carbocycles. The summed E-state index contributed by atoms with van der Waals surface area (Å²) in [6.45, 7) is 0. The van der Waals surface area contributed by atoms with E-state index in [2.05, 4.69) is 0 Å². The van der Waals surface area contributed by atoms with Crippen LogP contribution in [0.15, 0.2) is 78.4 Å². The van der Waals surface area contributed by atoms with E-state index in [0.717, 1.165) is 17.0 Å². The monoisotopic (exact) mass is 475 g/mol. The molecule has 1 aliphatic rings. The first kappa shape index (κ1) is 23.1. The van der Waals surface area contributed by atoms with E-state index in [1.165, 1.54) is 43.5 Å².